The average molecular weight is 190 g/mol. The van der Waals surface area contributed by atoms with Crippen molar-refractivity contribution < 1.29 is 9.53 Å². The van der Waals surface area contributed by atoms with Crippen LogP contribution < -0.4 is 0 Å². The topological polar surface area (TPSA) is 55.0 Å². The summed E-state index contributed by atoms with van der Waals surface area (Å²) in [5.41, 5.74) is 1.76. The Labute approximate surface area is 80.9 Å². The summed E-state index contributed by atoms with van der Waals surface area (Å²) in [4.78, 5) is 17.8. The van der Waals surface area contributed by atoms with E-state index in [1.807, 2.05) is 12.1 Å². The molecule has 0 amide bonds. The minimum absolute atomic E-state index is 0.275. The molecular formula is C10H10N2O2. The first-order chi connectivity index (χ1) is 6.77. The first-order valence-electron chi connectivity index (χ1n) is 4.31. The lowest BCUT2D eigenvalue weighted by molar-refractivity contribution is -0.142. The van der Waals surface area contributed by atoms with Gasteiger partial charge in [0.15, 0.2) is 0 Å². The molecule has 0 saturated heterocycles. The molecule has 0 aliphatic carbocycles. The van der Waals surface area contributed by atoms with Crippen molar-refractivity contribution in [1.82, 2.24) is 9.97 Å². The number of nitrogens with zero attached hydrogens (tertiary/aromatic N) is 1. The third kappa shape index (κ3) is 1.59. The molecule has 4 nitrogen and oxygen atoms in total. The van der Waals surface area contributed by atoms with Crippen molar-refractivity contribution >= 4 is 17.0 Å². The smallest absolute Gasteiger partial charge is 0.302 e. The van der Waals surface area contributed by atoms with E-state index in [2.05, 4.69) is 9.97 Å². The third-order valence-electron chi connectivity index (χ3n) is 1.97. The maximum Gasteiger partial charge on any atom is 0.302 e. The number of hydrogen-bond acceptors (Lipinski definition) is 3. The molecule has 0 radical (unpaired) electrons. The van der Waals surface area contributed by atoms with E-state index in [0.29, 0.717) is 6.61 Å². The minimum Gasteiger partial charge on any atom is -0.461 e. The summed E-state index contributed by atoms with van der Waals surface area (Å²) in [5.74, 6) is -0.275. The summed E-state index contributed by atoms with van der Waals surface area (Å²) in [7, 11) is 0. The van der Waals surface area contributed by atoms with Gasteiger partial charge in [-0.15, -0.1) is 0 Å². The predicted octanol–water partition coefficient (Wildman–Crippen LogP) is 1.63. The van der Waals surface area contributed by atoms with Gasteiger partial charge in [0.25, 0.3) is 0 Å². The number of nitrogens with one attached hydrogen (secondary N) is 1. The van der Waals surface area contributed by atoms with Gasteiger partial charge in [-0.05, 0) is 12.1 Å². The second kappa shape index (κ2) is 3.49. The first-order valence-corrected chi connectivity index (χ1v) is 4.31. The number of ether oxygens (including phenoxy) is 1. The molecule has 2 rings (SSSR count). The molecule has 0 spiro atoms. The van der Waals surface area contributed by atoms with Gasteiger partial charge in [0.1, 0.15) is 12.3 Å². The molecule has 0 aliphatic rings. The quantitative estimate of drug-likeness (QED) is 0.732. The second-order valence-corrected chi connectivity index (χ2v) is 2.99. The number of aromatic amines is 1. The summed E-state index contributed by atoms with van der Waals surface area (Å²) in [5, 5.41) is 0.994. The van der Waals surface area contributed by atoms with Crippen molar-refractivity contribution in [2.45, 2.75) is 13.5 Å². The Morgan fingerprint density at radius 2 is 2.50 bits per heavy atom. The normalized spacial score (nSPS) is 10.4. The molecule has 14 heavy (non-hydrogen) atoms. The molecule has 0 unspecified atom stereocenters. The van der Waals surface area contributed by atoms with Crippen LogP contribution in [0.3, 0.4) is 0 Å². The maximum atomic E-state index is 10.6. The van der Waals surface area contributed by atoms with Crippen molar-refractivity contribution in [3.8, 4) is 0 Å². The molecule has 2 heterocycles. The van der Waals surface area contributed by atoms with Crippen LogP contribution in [0.4, 0.5) is 0 Å². The van der Waals surface area contributed by atoms with E-state index in [4.69, 9.17) is 4.74 Å². The summed E-state index contributed by atoms with van der Waals surface area (Å²) in [6.07, 6.45) is 3.52. The van der Waals surface area contributed by atoms with Crippen molar-refractivity contribution in [2.75, 3.05) is 0 Å². The molecule has 72 valence electrons. The van der Waals surface area contributed by atoms with Crippen LogP contribution >= 0.6 is 0 Å². The van der Waals surface area contributed by atoms with Crippen molar-refractivity contribution in [3.63, 3.8) is 0 Å². The molecule has 1 N–H and O–H groups in total. The highest BCUT2D eigenvalue weighted by Gasteiger charge is 2.04. The molecule has 0 aliphatic heterocycles. The number of esters is 1. The summed E-state index contributed by atoms with van der Waals surface area (Å²) < 4.78 is 4.91. The van der Waals surface area contributed by atoms with Crippen LogP contribution in [-0.4, -0.2) is 15.9 Å². The number of carbonyl (C=O) groups excluding carboxylic acids is 1. The lowest BCUT2D eigenvalue weighted by Crippen LogP contribution is -1.97. The van der Waals surface area contributed by atoms with Gasteiger partial charge >= 0.3 is 5.97 Å². The highest BCUT2D eigenvalue weighted by atomic mass is 16.5. The average Bonchev–Trinajstić information content (AvgIpc) is 2.58. The van der Waals surface area contributed by atoms with Crippen LogP contribution in [0.25, 0.3) is 11.0 Å². The molecule has 0 bridgehead atoms. The molecule has 2 aromatic heterocycles. The Balaban J connectivity index is 2.29. The van der Waals surface area contributed by atoms with Gasteiger partial charge in [0, 0.05) is 30.3 Å². The first kappa shape index (κ1) is 8.74. The summed E-state index contributed by atoms with van der Waals surface area (Å²) in [6.45, 7) is 1.69. The Hall–Kier alpha value is -1.84. The fourth-order valence-electron chi connectivity index (χ4n) is 1.31. The second-order valence-electron chi connectivity index (χ2n) is 2.99. The zero-order chi connectivity index (χ0) is 9.97. The van der Waals surface area contributed by atoms with Gasteiger partial charge in [-0.2, -0.15) is 0 Å². The SMILES string of the molecule is CC(=O)OCc1c[nH]c2ncccc12. The van der Waals surface area contributed by atoms with E-state index < -0.39 is 0 Å². The Morgan fingerprint density at radius 3 is 3.29 bits per heavy atom. The molecule has 0 atom stereocenters. The lowest BCUT2D eigenvalue weighted by atomic mass is 10.2. The minimum atomic E-state index is -0.275. The third-order valence-corrected chi connectivity index (χ3v) is 1.97. The monoisotopic (exact) mass is 190 g/mol. The van der Waals surface area contributed by atoms with E-state index in [0.717, 1.165) is 16.6 Å². The highest BCUT2D eigenvalue weighted by Crippen LogP contribution is 2.16. The van der Waals surface area contributed by atoms with Gasteiger partial charge in [-0.3, -0.25) is 4.79 Å². The number of rotatable bonds is 2. The zero-order valence-electron chi connectivity index (χ0n) is 7.78. The fourth-order valence-corrected chi connectivity index (χ4v) is 1.31. The van der Waals surface area contributed by atoms with Gasteiger partial charge in [0.2, 0.25) is 0 Å². The number of fused-ring (bicyclic) bond motifs is 1. The number of pyridine rings is 1. The summed E-state index contributed by atoms with van der Waals surface area (Å²) >= 11 is 0. The van der Waals surface area contributed by atoms with Gasteiger partial charge in [-0.25, -0.2) is 4.98 Å². The van der Waals surface area contributed by atoms with Crippen molar-refractivity contribution in [1.29, 1.82) is 0 Å². The molecule has 0 aromatic carbocycles. The van der Waals surface area contributed by atoms with Gasteiger partial charge in [-0.1, -0.05) is 0 Å². The van der Waals surface area contributed by atoms with Crippen molar-refractivity contribution in [3.05, 3.63) is 30.1 Å². The van der Waals surface area contributed by atoms with E-state index >= 15 is 0 Å². The number of hydrogen-bond donors (Lipinski definition) is 1. The predicted molar refractivity (Wildman–Crippen MR) is 51.6 cm³/mol. The molecule has 0 saturated carbocycles. The van der Waals surface area contributed by atoms with Crippen LogP contribution in [0.15, 0.2) is 24.5 Å². The highest BCUT2D eigenvalue weighted by molar-refractivity contribution is 5.79. The van der Waals surface area contributed by atoms with Gasteiger partial charge < -0.3 is 9.72 Å². The Bertz CT molecular complexity index is 462. The number of H-pyrrole nitrogens is 1. The molecular weight excluding hydrogens is 180 g/mol. The van der Waals surface area contributed by atoms with Crippen LogP contribution in [0.5, 0.6) is 0 Å². The van der Waals surface area contributed by atoms with Gasteiger partial charge in [0.05, 0.1) is 0 Å². The molecule has 0 fully saturated rings. The fraction of sp³-hybridized carbons (Fsp3) is 0.200. The van der Waals surface area contributed by atoms with Crippen LogP contribution in [0, 0.1) is 0 Å². The van der Waals surface area contributed by atoms with E-state index in [1.165, 1.54) is 6.92 Å². The van der Waals surface area contributed by atoms with E-state index in [-0.39, 0.29) is 5.97 Å². The number of aromatic nitrogens is 2. The van der Waals surface area contributed by atoms with Crippen LogP contribution in [-0.2, 0) is 16.1 Å². The molecule has 2 aromatic rings. The molecule has 4 heteroatoms. The maximum absolute atomic E-state index is 10.6. The Kier molecular flexibility index (Phi) is 2.18. The largest absolute Gasteiger partial charge is 0.461 e. The lowest BCUT2D eigenvalue weighted by Gasteiger charge is -1.98. The van der Waals surface area contributed by atoms with Crippen LogP contribution in [0.2, 0.25) is 0 Å². The van der Waals surface area contributed by atoms with E-state index in [1.54, 1.807) is 12.4 Å². The number of carbonyl (C=O) groups is 1. The summed E-state index contributed by atoms with van der Waals surface area (Å²) in [6, 6.07) is 3.80. The van der Waals surface area contributed by atoms with Crippen LogP contribution in [0.1, 0.15) is 12.5 Å². The van der Waals surface area contributed by atoms with Crippen molar-refractivity contribution in [2.24, 2.45) is 0 Å². The Morgan fingerprint density at radius 1 is 1.64 bits per heavy atom. The zero-order valence-corrected chi connectivity index (χ0v) is 7.78. The van der Waals surface area contributed by atoms with E-state index in [9.17, 15) is 4.79 Å². The standard InChI is InChI=1S/C10H10N2O2/c1-7(13)14-6-8-5-12-10-9(8)3-2-4-11-10/h2-5H,6H2,1H3,(H,11,12).